The van der Waals surface area contributed by atoms with E-state index in [0.717, 1.165) is 50.3 Å². The summed E-state index contributed by atoms with van der Waals surface area (Å²) < 4.78 is 60.2. The van der Waals surface area contributed by atoms with Crippen molar-refractivity contribution in [3.63, 3.8) is 0 Å². The number of anilines is 1. The summed E-state index contributed by atoms with van der Waals surface area (Å²) in [5.41, 5.74) is 1.16. The first kappa shape index (κ1) is 39.1. The van der Waals surface area contributed by atoms with E-state index in [1.165, 1.54) is 24.3 Å². The van der Waals surface area contributed by atoms with E-state index in [1.54, 1.807) is 30.3 Å². The maximum atomic E-state index is 13.8. The predicted molar refractivity (Wildman–Crippen MR) is 190 cm³/mol. The van der Waals surface area contributed by atoms with E-state index < -0.39 is 60.5 Å². The molecule has 290 valence electrons. The molecule has 5 amide bonds. The molecule has 1 saturated heterocycles. The summed E-state index contributed by atoms with van der Waals surface area (Å²) in [4.78, 5) is 78.7. The lowest BCUT2D eigenvalue weighted by atomic mass is 9.94. The number of aryl methyl sites for hydroxylation is 1. The van der Waals surface area contributed by atoms with Crippen molar-refractivity contribution in [3.8, 4) is 0 Å². The molecule has 1 unspecified atom stereocenters. The Labute approximate surface area is 314 Å². The van der Waals surface area contributed by atoms with Crippen molar-refractivity contribution in [2.24, 2.45) is 5.92 Å². The van der Waals surface area contributed by atoms with Crippen molar-refractivity contribution in [2.45, 2.75) is 89.2 Å². The summed E-state index contributed by atoms with van der Waals surface area (Å²) in [6, 6.07) is 14.0. The quantitative estimate of drug-likeness (QED) is 0.153. The molecule has 2 N–H and O–H groups in total. The number of fused-ring (bicyclic) bond motifs is 2. The van der Waals surface area contributed by atoms with Gasteiger partial charge in [-0.15, -0.1) is 0 Å². The fourth-order valence-electron chi connectivity index (χ4n) is 7.31. The second-order valence-electron chi connectivity index (χ2n) is 14.2. The molecule has 1 saturated carbocycles. The van der Waals surface area contributed by atoms with Gasteiger partial charge in [0.1, 0.15) is 18.4 Å². The number of ether oxygens (including phenoxy) is 1. The minimum absolute atomic E-state index is 0.00691. The zero-order valence-corrected chi connectivity index (χ0v) is 30.0. The molecule has 1 heterocycles. The van der Waals surface area contributed by atoms with Crippen molar-refractivity contribution in [2.75, 3.05) is 11.9 Å². The summed E-state index contributed by atoms with van der Waals surface area (Å²) in [5, 5.41) is 5.49. The molecule has 1 spiro atoms. The van der Waals surface area contributed by atoms with Crippen LogP contribution in [-0.2, 0) is 49.0 Å². The van der Waals surface area contributed by atoms with Gasteiger partial charge in [-0.25, -0.2) is 14.1 Å². The first-order valence-electron chi connectivity index (χ1n) is 18.1. The van der Waals surface area contributed by atoms with Gasteiger partial charge in [-0.05, 0) is 67.1 Å². The van der Waals surface area contributed by atoms with Crippen LogP contribution in [0.3, 0.4) is 0 Å². The molecule has 0 bridgehead atoms. The summed E-state index contributed by atoms with van der Waals surface area (Å²) >= 11 is 0. The van der Waals surface area contributed by atoms with Gasteiger partial charge in [-0.1, -0.05) is 55.3 Å². The number of benzene rings is 3. The van der Waals surface area contributed by atoms with Crippen LogP contribution in [0.5, 0.6) is 0 Å². The maximum Gasteiger partial charge on any atom is 0.418 e. The molecule has 3 aromatic rings. The third-order valence-electron chi connectivity index (χ3n) is 10.5. The average Bonchev–Trinajstić information content (AvgIpc) is 3.88. The van der Waals surface area contributed by atoms with Gasteiger partial charge in [0.15, 0.2) is 5.78 Å². The highest BCUT2D eigenvalue weighted by Gasteiger charge is 2.58. The van der Waals surface area contributed by atoms with Crippen molar-refractivity contribution in [1.82, 2.24) is 15.1 Å². The molecule has 0 aromatic heterocycles. The van der Waals surface area contributed by atoms with Crippen LogP contribution < -0.4 is 10.6 Å². The third kappa shape index (κ3) is 8.71. The Balaban J connectivity index is 1.02. The number of ketones is 1. The largest absolute Gasteiger partial charge is 0.427 e. The van der Waals surface area contributed by atoms with Gasteiger partial charge in [0, 0.05) is 55.1 Å². The smallest absolute Gasteiger partial charge is 0.418 e. The number of halogens is 4. The average molecular weight is 765 g/mol. The molecule has 6 rings (SSSR count). The minimum Gasteiger partial charge on any atom is -0.427 e. The lowest BCUT2D eigenvalue weighted by Crippen LogP contribution is -2.51. The first-order valence-corrected chi connectivity index (χ1v) is 18.1. The molecule has 15 heteroatoms. The number of amides is 5. The number of hydrogen-bond acceptors (Lipinski definition) is 7. The predicted octanol–water partition coefficient (Wildman–Crippen LogP) is 6.33. The van der Waals surface area contributed by atoms with Crippen LogP contribution >= 0.6 is 0 Å². The number of nitrogens with one attached hydrogen (secondary N) is 2. The molecule has 2 aliphatic carbocycles. The molecule has 0 radical (unpaired) electrons. The number of nitrogens with zero attached hydrogens (tertiary/aromatic N) is 2. The fraction of sp³-hybridized carbons (Fsp3) is 0.400. The number of imide groups is 1. The van der Waals surface area contributed by atoms with Gasteiger partial charge < -0.3 is 20.3 Å². The Morgan fingerprint density at radius 3 is 2.25 bits per heavy atom. The lowest BCUT2D eigenvalue weighted by Gasteiger charge is -2.31. The fourth-order valence-corrected chi connectivity index (χ4v) is 7.31. The van der Waals surface area contributed by atoms with E-state index in [1.807, 2.05) is 0 Å². The van der Waals surface area contributed by atoms with E-state index in [0.29, 0.717) is 32.2 Å². The molecule has 3 aromatic carbocycles. The van der Waals surface area contributed by atoms with Gasteiger partial charge in [0.25, 0.3) is 5.91 Å². The zero-order chi connectivity index (χ0) is 39.5. The monoisotopic (exact) mass is 764 g/mol. The maximum absolute atomic E-state index is 13.8. The van der Waals surface area contributed by atoms with E-state index in [9.17, 15) is 46.3 Å². The SMILES string of the molecule is C[C@H](N(Cc1ccc(F)cc1)C(=O)CN1C(=O)OC2(CCc3cc(NC(=O)CCC(=O)NCc4ccc(C(=O)C5CCCC5)cc4)ccc32)C1=O)C(F)(F)F. The van der Waals surface area contributed by atoms with Crippen molar-refractivity contribution in [1.29, 1.82) is 0 Å². The Kier molecular flexibility index (Phi) is 11.4. The summed E-state index contributed by atoms with van der Waals surface area (Å²) in [6.07, 6.45) is -1.98. The first-order chi connectivity index (χ1) is 26.1. The zero-order valence-electron chi connectivity index (χ0n) is 30.0. The van der Waals surface area contributed by atoms with Crippen molar-refractivity contribution >= 4 is 41.2 Å². The second-order valence-corrected chi connectivity index (χ2v) is 14.2. The highest BCUT2D eigenvalue weighted by Crippen LogP contribution is 2.46. The van der Waals surface area contributed by atoms with E-state index in [2.05, 4.69) is 10.6 Å². The normalized spacial score (nSPS) is 18.6. The standard InChI is InChI=1S/C40H40F4N4O7/c1-24(40(42,43)44)47(22-26-8-12-30(41)13-9-26)35(51)23-48-37(53)39(55-38(48)54)19-18-29-20-31(14-15-32(29)39)46-34(50)17-16-33(49)45-21-25-6-10-28(11-7-25)36(52)27-4-2-3-5-27/h6-15,20,24,27H,2-5,16-19,21-23H2,1H3,(H,45,49)(H,46,50)/t24-,39?/m0/s1. The molecule has 1 aliphatic heterocycles. The van der Waals surface area contributed by atoms with E-state index in [4.69, 9.17) is 4.74 Å². The molecule has 3 aliphatic rings. The van der Waals surface area contributed by atoms with E-state index >= 15 is 0 Å². The van der Waals surface area contributed by atoms with Gasteiger partial charge >= 0.3 is 12.3 Å². The molecular formula is C40H40F4N4O7. The number of rotatable bonds is 13. The molecule has 2 fully saturated rings. The van der Waals surface area contributed by atoms with Gasteiger partial charge in [0.05, 0.1) is 0 Å². The topological polar surface area (TPSA) is 142 Å². The Bertz CT molecular complexity index is 1980. The van der Waals surface area contributed by atoms with Crippen LogP contribution in [0.1, 0.15) is 84.5 Å². The highest BCUT2D eigenvalue weighted by atomic mass is 19.4. The molecule has 55 heavy (non-hydrogen) atoms. The van der Waals surface area contributed by atoms with Crippen LogP contribution in [-0.4, -0.2) is 64.1 Å². The van der Waals surface area contributed by atoms with Crippen LogP contribution in [0.4, 0.5) is 28.0 Å². The second kappa shape index (κ2) is 16.0. The lowest BCUT2D eigenvalue weighted by molar-refractivity contribution is -0.187. The van der Waals surface area contributed by atoms with Crippen LogP contribution in [0.2, 0.25) is 0 Å². The number of Topliss-reactive ketones (excluding diaryl/α,β-unsaturated/α-hetero) is 1. The number of hydrogen-bond donors (Lipinski definition) is 2. The van der Waals surface area contributed by atoms with Crippen molar-refractivity contribution in [3.05, 3.63) is 100 Å². The van der Waals surface area contributed by atoms with E-state index in [-0.39, 0.29) is 55.4 Å². The summed E-state index contributed by atoms with van der Waals surface area (Å²) in [5.74, 6) is -3.22. The number of alkyl halides is 3. The molecule has 2 atom stereocenters. The van der Waals surface area contributed by atoms with Gasteiger partial charge in [-0.2, -0.15) is 13.2 Å². The third-order valence-corrected chi connectivity index (χ3v) is 10.5. The Morgan fingerprint density at radius 1 is 0.927 bits per heavy atom. The minimum atomic E-state index is -4.83. The number of carbonyl (C=O) groups excluding carboxylic acids is 6. The summed E-state index contributed by atoms with van der Waals surface area (Å²) in [6.45, 7) is -0.552. The highest BCUT2D eigenvalue weighted by molar-refractivity contribution is 6.06. The van der Waals surface area contributed by atoms with Gasteiger partial charge in [-0.3, -0.25) is 24.0 Å². The van der Waals surface area contributed by atoms with Crippen LogP contribution in [0.15, 0.2) is 66.7 Å². The Hall–Kier alpha value is -5.60. The van der Waals surface area contributed by atoms with Crippen LogP contribution in [0, 0.1) is 11.7 Å². The summed E-state index contributed by atoms with van der Waals surface area (Å²) in [7, 11) is 0. The van der Waals surface area contributed by atoms with Gasteiger partial charge in [0.2, 0.25) is 23.3 Å². The molecular weight excluding hydrogens is 724 g/mol. The van der Waals surface area contributed by atoms with Crippen molar-refractivity contribution < 1.29 is 51.1 Å². The molecule has 11 nitrogen and oxygen atoms in total. The van der Waals surface area contributed by atoms with Crippen LogP contribution in [0.25, 0.3) is 0 Å². The Morgan fingerprint density at radius 2 is 1.58 bits per heavy atom. The number of carbonyl (C=O) groups is 6.